The maximum atomic E-state index is 11.5. The molecule has 4 aromatic carbocycles. The van der Waals surface area contributed by atoms with Crippen LogP contribution in [0, 0.1) is 0 Å². The molecule has 5 nitrogen and oxygen atoms in total. The van der Waals surface area contributed by atoms with Gasteiger partial charge >= 0.3 is 0 Å². The van der Waals surface area contributed by atoms with Gasteiger partial charge in [-0.25, -0.2) is 4.98 Å². The molecule has 0 unspecified atom stereocenters. The smallest absolute Gasteiger partial charge is 0.153 e. The van der Waals surface area contributed by atoms with Crippen molar-refractivity contribution < 1.29 is 19.1 Å². The van der Waals surface area contributed by atoms with Gasteiger partial charge in [0.2, 0.25) is 0 Å². The average molecular weight is 577 g/mol. The molecular weight excluding hydrogens is 557 g/mol. The summed E-state index contributed by atoms with van der Waals surface area (Å²) in [7, 11) is 3.01. The van der Waals surface area contributed by atoms with Crippen LogP contribution in [-0.4, -0.2) is 31.8 Å². The predicted molar refractivity (Wildman–Crippen MR) is 157 cm³/mol. The second-order valence-corrected chi connectivity index (χ2v) is 9.76. The van der Waals surface area contributed by atoms with Crippen LogP contribution in [0.3, 0.4) is 0 Å². The van der Waals surface area contributed by atoms with Crippen LogP contribution >= 0.6 is 34.8 Å². The minimum absolute atomic E-state index is 0.328. The van der Waals surface area contributed by atoms with Crippen LogP contribution in [0.4, 0.5) is 0 Å². The van der Waals surface area contributed by atoms with Crippen molar-refractivity contribution in [3.05, 3.63) is 99.0 Å². The molecule has 5 aromatic rings. The minimum atomic E-state index is 0.328. The molecular formula is C31H20Cl3NO4. The number of hydrogen-bond acceptors (Lipinski definition) is 5. The summed E-state index contributed by atoms with van der Waals surface area (Å²) in [6, 6.07) is 21.8. The number of pyridine rings is 1. The lowest BCUT2D eigenvalue weighted by molar-refractivity contribution is 0.111. The van der Waals surface area contributed by atoms with Crippen LogP contribution < -0.4 is 9.47 Å². The zero-order valence-corrected chi connectivity index (χ0v) is 23.1. The fraction of sp³-hybridized carbons (Fsp3) is 0.0645. The molecule has 0 bridgehead atoms. The molecule has 0 saturated heterocycles. The molecule has 0 aliphatic carbocycles. The first kappa shape index (κ1) is 26.7. The summed E-state index contributed by atoms with van der Waals surface area (Å²) in [5.74, 6) is 0.867. The molecule has 5 rings (SSSR count). The van der Waals surface area contributed by atoms with Gasteiger partial charge in [0.1, 0.15) is 11.5 Å². The molecule has 0 aliphatic heterocycles. The second kappa shape index (κ2) is 11.1. The number of fused-ring (bicyclic) bond motifs is 1. The predicted octanol–water partition coefficient (Wildman–Crippen LogP) is 8.84. The number of carbonyl (C=O) groups excluding carboxylic acids is 2. The molecule has 0 aliphatic rings. The van der Waals surface area contributed by atoms with E-state index in [0.717, 1.165) is 28.5 Å². The first-order valence-electron chi connectivity index (χ1n) is 11.8. The summed E-state index contributed by atoms with van der Waals surface area (Å²) in [6.45, 7) is 0. The maximum Gasteiger partial charge on any atom is 0.153 e. The van der Waals surface area contributed by atoms with Gasteiger partial charge in [0.15, 0.2) is 12.6 Å². The van der Waals surface area contributed by atoms with E-state index in [1.54, 1.807) is 18.2 Å². The Labute approximate surface area is 239 Å². The van der Waals surface area contributed by atoms with Crippen molar-refractivity contribution in [3.8, 4) is 45.0 Å². The maximum absolute atomic E-state index is 11.5. The third-order valence-electron chi connectivity index (χ3n) is 6.48. The first-order valence-corrected chi connectivity index (χ1v) is 12.9. The van der Waals surface area contributed by atoms with E-state index in [9.17, 15) is 9.59 Å². The Kier molecular flexibility index (Phi) is 7.58. The zero-order chi connectivity index (χ0) is 27.7. The third-order valence-corrected chi connectivity index (χ3v) is 7.58. The topological polar surface area (TPSA) is 65.5 Å². The van der Waals surface area contributed by atoms with E-state index < -0.39 is 0 Å². The number of rotatable bonds is 7. The Morgan fingerprint density at radius 3 is 1.97 bits per heavy atom. The Morgan fingerprint density at radius 1 is 0.692 bits per heavy atom. The number of aromatic nitrogens is 1. The Bertz CT molecular complexity index is 1770. The lowest BCUT2D eigenvalue weighted by atomic mass is 9.96. The standard InChI is InChI=1S/C31H20Cl3NO4/c1-38-27-14-17(9-10-18(27)15-36)20-5-3-6-21(28(20)33)22-7-4-8-23(29(22)34)26-12-11-24-30(35-26)25(32)13-19(16-37)31(24)39-2/h3-16H,1-2H3. The Balaban J connectivity index is 1.63. The molecule has 1 heterocycles. The van der Waals surface area contributed by atoms with Crippen molar-refractivity contribution in [3.63, 3.8) is 0 Å². The molecule has 0 N–H and O–H groups in total. The highest BCUT2D eigenvalue weighted by Gasteiger charge is 2.18. The van der Waals surface area contributed by atoms with E-state index in [-0.39, 0.29) is 0 Å². The lowest BCUT2D eigenvalue weighted by Gasteiger charge is -2.15. The van der Waals surface area contributed by atoms with Gasteiger partial charge < -0.3 is 9.47 Å². The normalized spacial score (nSPS) is 10.9. The van der Waals surface area contributed by atoms with Crippen LogP contribution in [0.2, 0.25) is 15.1 Å². The van der Waals surface area contributed by atoms with Crippen molar-refractivity contribution in [2.75, 3.05) is 14.2 Å². The molecule has 0 fully saturated rings. The van der Waals surface area contributed by atoms with Crippen LogP contribution in [0.1, 0.15) is 20.7 Å². The molecule has 1 aromatic heterocycles. The molecule has 39 heavy (non-hydrogen) atoms. The van der Waals surface area contributed by atoms with Gasteiger partial charge in [-0.05, 0) is 35.9 Å². The van der Waals surface area contributed by atoms with Crippen molar-refractivity contribution >= 4 is 58.3 Å². The molecule has 0 atom stereocenters. The van der Waals surface area contributed by atoms with Crippen molar-refractivity contribution in [1.29, 1.82) is 0 Å². The summed E-state index contributed by atoms with van der Waals surface area (Å²) in [5, 5.41) is 1.91. The highest BCUT2D eigenvalue weighted by atomic mass is 35.5. The van der Waals surface area contributed by atoms with Crippen molar-refractivity contribution in [2.24, 2.45) is 0 Å². The van der Waals surface area contributed by atoms with E-state index >= 15 is 0 Å². The van der Waals surface area contributed by atoms with E-state index in [4.69, 9.17) is 49.3 Å². The van der Waals surface area contributed by atoms with Crippen LogP contribution in [0.25, 0.3) is 44.4 Å². The summed E-state index contributed by atoms with van der Waals surface area (Å²) in [6.07, 6.45) is 1.44. The molecule has 8 heteroatoms. The number of nitrogens with zero attached hydrogens (tertiary/aromatic N) is 1. The number of methoxy groups -OCH3 is 2. The van der Waals surface area contributed by atoms with Crippen LogP contribution in [0.15, 0.2) is 72.8 Å². The van der Waals surface area contributed by atoms with E-state index in [0.29, 0.717) is 66.1 Å². The summed E-state index contributed by atoms with van der Waals surface area (Å²) >= 11 is 20.4. The Morgan fingerprint density at radius 2 is 1.33 bits per heavy atom. The number of hydrogen-bond donors (Lipinski definition) is 0. The lowest BCUT2D eigenvalue weighted by Crippen LogP contribution is -1.96. The molecule has 0 radical (unpaired) electrons. The van der Waals surface area contributed by atoms with Crippen LogP contribution in [-0.2, 0) is 0 Å². The summed E-state index contributed by atoms with van der Waals surface area (Å²) < 4.78 is 10.8. The fourth-order valence-electron chi connectivity index (χ4n) is 4.59. The van der Waals surface area contributed by atoms with Gasteiger partial charge in [0.25, 0.3) is 0 Å². The summed E-state index contributed by atoms with van der Waals surface area (Å²) in [5.41, 5.74) is 5.58. The number of carbonyl (C=O) groups is 2. The highest BCUT2D eigenvalue weighted by molar-refractivity contribution is 6.39. The number of halogens is 3. The molecule has 0 amide bonds. The highest BCUT2D eigenvalue weighted by Crippen LogP contribution is 2.43. The minimum Gasteiger partial charge on any atom is -0.496 e. The van der Waals surface area contributed by atoms with E-state index in [1.165, 1.54) is 20.3 Å². The van der Waals surface area contributed by atoms with Crippen LogP contribution in [0.5, 0.6) is 11.5 Å². The monoisotopic (exact) mass is 575 g/mol. The number of benzene rings is 4. The van der Waals surface area contributed by atoms with Gasteiger partial charge in [-0.1, -0.05) is 77.3 Å². The largest absolute Gasteiger partial charge is 0.496 e. The fourth-order valence-corrected chi connectivity index (χ4v) is 5.52. The molecule has 0 spiro atoms. The van der Waals surface area contributed by atoms with Gasteiger partial charge in [0, 0.05) is 27.6 Å². The number of ether oxygens (including phenoxy) is 2. The van der Waals surface area contributed by atoms with E-state index in [2.05, 4.69) is 0 Å². The van der Waals surface area contributed by atoms with Gasteiger partial charge in [-0.15, -0.1) is 0 Å². The SMILES string of the molecule is COc1cc(-c2cccc(-c3cccc(-c4ccc5c(OC)c(C=O)cc(Cl)c5n4)c3Cl)c2Cl)ccc1C=O. The molecule has 194 valence electrons. The molecule has 0 saturated carbocycles. The Hall–Kier alpha value is -3.90. The van der Waals surface area contributed by atoms with Crippen molar-refractivity contribution in [2.45, 2.75) is 0 Å². The van der Waals surface area contributed by atoms with Gasteiger partial charge in [0.05, 0.1) is 51.6 Å². The number of aldehydes is 2. The zero-order valence-electron chi connectivity index (χ0n) is 20.8. The second-order valence-electron chi connectivity index (χ2n) is 8.60. The summed E-state index contributed by atoms with van der Waals surface area (Å²) in [4.78, 5) is 27.6. The first-order chi connectivity index (χ1) is 18.9. The third kappa shape index (κ3) is 4.74. The average Bonchev–Trinajstić information content (AvgIpc) is 2.97. The van der Waals surface area contributed by atoms with Crippen molar-refractivity contribution in [1.82, 2.24) is 4.98 Å². The van der Waals surface area contributed by atoms with E-state index in [1.807, 2.05) is 48.5 Å². The quantitative estimate of drug-likeness (QED) is 0.181. The van der Waals surface area contributed by atoms with Gasteiger partial charge in [-0.2, -0.15) is 0 Å². The van der Waals surface area contributed by atoms with Gasteiger partial charge in [-0.3, -0.25) is 9.59 Å².